The van der Waals surface area contributed by atoms with Crippen LogP contribution in [0.3, 0.4) is 0 Å². The van der Waals surface area contributed by atoms with Crippen molar-refractivity contribution in [2.45, 2.75) is 89.3 Å². The van der Waals surface area contributed by atoms with Crippen LogP contribution in [0.25, 0.3) is 33.2 Å². The second kappa shape index (κ2) is 10.9. The maximum Gasteiger partial charge on any atom is 0.410 e. The second-order valence-corrected chi connectivity index (χ2v) is 14.2. The highest BCUT2D eigenvalue weighted by Gasteiger charge is 2.51. The molecule has 14 heteroatoms. The highest BCUT2D eigenvalue weighted by atomic mass is 35.5. The summed E-state index contributed by atoms with van der Waals surface area (Å²) in [6, 6.07) is 3.72. The molecule has 240 valence electrons. The molecule has 3 aromatic heterocycles. The standard InChI is InChI=1S/C31H38Cl2N8O4/c1-31(2,3)45-30(43)37(4)20-15-16-10-13-19(20)40(16)29-34-27-23(28(42)38(29)5)25(36-41(27)21-9-7-8-14-44-21)17-11-12-18-22(24(17)32)26(33)39(6)35-18/h11-12,16,19-21H,7-10,13-15H2,1-6H3/t16-,19+,20+,21?/m0/s1. The number of nitrogens with zero attached hydrogens (tertiary/aromatic N) is 8. The van der Waals surface area contributed by atoms with Crippen LogP contribution in [0.4, 0.5) is 10.7 Å². The Bertz CT molecular complexity index is 1890. The Labute approximate surface area is 270 Å². The molecule has 1 aromatic carbocycles. The molecule has 1 amide bonds. The van der Waals surface area contributed by atoms with Crippen molar-refractivity contribution in [2.75, 3.05) is 18.6 Å². The van der Waals surface area contributed by atoms with E-state index in [2.05, 4.69) is 10.00 Å². The Morgan fingerprint density at radius 2 is 1.87 bits per heavy atom. The van der Waals surface area contributed by atoms with Gasteiger partial charge in [0.25, 0.3) is 5.56 Å². The molecule has 45 heavy (non-hydrogen) atoms. The van der Waals surface area contributed by atoms with Crippen LogP contribution in [0.5, 0.6) is 0 Å². The van der Waals surface area contributed by atoms with Gasteiger partial charge >= 0.3 is 6.09 Å². The average molecular weight is 658 g/mol. The molecule has 4 atom stereocenters. The minimum atomic E-state index is -0.591. The van der Waals surface area contributed by atoms with E-state index in [1.165, 1.54) is 0 Å². The molecule has 7 rings (SSSR count). The summed E-state index contributed by atoms with van der Waals surface area (Å²) in [5, 5.41) is 11.2. The lowest BCUT2D eigenvalue weighted by Gasteiger charge is -2.33. The Kier molecular flexibility index (Phi) is 7.33. The van der Waals surface area contributed by atoms with Crippen molar-refractivity contribution in [2.24, 2.45) is 14.1 Å². The number of aryl methyl sites for hydroxylation is 1. The van der Waals surface area contributed by atoms with Crippen LogP contribution in [-0.2, 0) is 23.6 Å². The predicted octanol–water partition coefficient (Wildman–Crippen LogP) is 5.67. The first-order valence-corrected chi connectivity index (χ1v) is 16.3. The molecule has 12 nitrogen and oxygen atoms in total. The molecule has 0 spiro atoms. The Morgan fingerprint density at radius 3 is 2.58 bits per heavy atom. The molecule has 4 aromatic rings. The first-order valence-electron chi connectivity index (χ1n) is 15.5. The van der Waals surface area contributed by atoms with Gasteiger partial charge in [0.2, 0.25) is 5.95 Å². The van der Waals surface area contributed by atoms with Gasteiger partial charge < -0.3 is 19.3 Å². The minimum absolute atomic E-state index is 0.00517. The van der Waals surface area contributed by atoms with Gasteiger partial charge in [0.1, 0.15) is 21.8 Å². The van der Waals surface area contributed by atoms with Gasteiger partial charge in [0, 0.05) is 39.4 Å². The number of rotatable bonds is 4. The monoisotopic (exact) mass is 656 g/mol. The zero-order valence-electron chi connectivity index (χ0n) is 26.4. The van der Waals surface area contributed by atoms with Crippen LogP contribution in [0.1, 0.15) is 65.5 Å². The van der Waals surface area contributed by atoms with Crippen LogP contribution in [0.15, 0.2) is 16.9 Å². The Morgan fingerprint density at radius 1 is 1.09 bits per heavy atom. The van der Waals surface area contributed by atoms with Gasteiger partial charge in [0.05, 0.1) is 28.0 Å². The van der Waals surface area contributed by atoms with E-state index in [0.29, 0.717) is 55.9 Å². The number of carbonyl (C=O) groups excluding carboxylic acids is 1. The van der Waals surface area contributed by atoms with E-state index in [-0.39, 0.29) is 36.0 Å². The quantitative estimate of drug-likeness (QED) is 0.276. The van der Waals surface area contributed by atoms with E-state index < -0.39 is 5.60 Å². The van der Waals surface area contributed by atoms with Crippen molar-refractivity contribution < 1.29 is 14.3 Å². The zero-order valence-corrected chi connectivity index (χ0v) is 27.9. The van der Waals surface area contributed by atoms with Crippen molar-refractivity contribution in [1.29, 1.82) is 0 Å². The van der Waals surface area contributed by atoms with E-state index in [1.54, 1.807) is 40.0 Å². The van der Waals surface area contributed by atoms with E-state index in [0.717, 1.165) is 38.5 Å². The molecule has 3 aliphatic heterocycles. The van der Waals surface area contributed by atoms with Crippen molar-refractivity contribution in [3.05, 3.63) is 32.7 Å². The van der Waals surface area contributed by atoms with Crippen LogP contribution in [0.2, 0.25) is 10.2 Å². The van der Waals surface area contributed by atoms with Crippen LogP contribution in [0, 0.1) is 0 Å². The largest absolute Gasteiger partial charge is 0.444 e. The van der Waals surface area contributed by atoms with Crippen molar-refractivity contribution in [3.8, 4) is 11.3 Å². The van der Waals surface area contributed by atoms with Gasteiger partial charge in [-0.15, -0.1) is 0 Å². The molecular weight excluding hydrogens is 619 g/mol. The lowest BCUT2D eigenvalue weighted by molar-refractivity contribution is -0.0368. The van der Waals surface area contributed by atoms with Gasteiger partial charge in [-0.2, -0.15) is 15.2 Å². The Balaban J connectivity index is 1.36. The number of anilines is 1. The molecule has 2 bridgehead atoms. The number of hydrogen-bond donors (Lipinski definition) is 0. The number of carbonyl (C=O) groups is 1. The molecule has 1 unspecified atom stereocenters. The topological polar surface area (TPSA) is 113 Å². The number of halogens is 2. The van der Waals surface area contributed by atoms with E-state index in [4.69, 9.17) is 42.8 Å². The zero-order chi connectivity index (χ0) is 31.9. The number of benzene rings is 1. The van der Waals surface area contributed by atoms with Gasteiger partial charge in [0.15, 0.2) is 11.9 Å². The fraction of sp³-hybridized carbons (Fsp3) is 0.581. The summed E-state index contributed by atoms with van der Waals surface area (Å²) in [7, 11) is 5.30. The molecule has 3 saturated heterocycles. The molecule has 0 saturated carbocycles. The summed E-state index contributed by atoms with van der Waals surface area (Å²) in [5.74, 6) is 0.556. The first-order chi connectivity index (χ1) is 21.4. The number of hydrogen-bond acceptors (Lipinski definition) is 8. The molecule has 6 heterocycles. The number of fused-ring (bicyclic) bond motifs is 4. The summed E-state index contributed by atoms with van der Waals surface area (Å²) in [6.45, 7) is 6.20. The maximum atomic E-state index is 14.4. The number of amides is 1. The normalized spacial score (nSPS) is 23.4. The predicted molar refractivity (Wildman–Crippen MR) is 173 cm³/mol. The third-order valence-electron chi connectivity index (χ3n) is 9.38. The van der Waals surface area contributed by atoms with Gasteiger partial charge in [-0.3, -0.25) is 14.0 Å². The molecule has 0 N–H and O–H groups in total. The summed E-state index contributed by atoms with van der Waals surface area (Å²) in [4.78, 5) is 36.5. The van der Waals surface area contributed by atoms with E-state index >= 15 is 0 Å². The van der Waals surface area contributed by atoms with Crippen molar-refractivity contribution >= 4 is 57.2 Å². The fourth-order valence-electron chi connectivity index (χ4n) is 7.24. The van der Waals surface area contributed by atoms with Crippen molar-refractivity contribution in [1.82, 2.24) is 34.0 Å². The van der Waals surface area contributed by atoms with Crippen LogP contribution < -0.4 is 10.5 Å². The minimum Gasteiger partial charge on any atom is -0.444 e. The number of ether oxygens (including phenoxy) is 2. The third-order valence-corrected chi connectivity index (χ3v) is 10.2. The third kappa shape index (κ3) is 4.87. The number of likely N-dealkylation sites (N-methyl/N-ethyl adjacent to an activating group) is 1. The summed E-state index contributed by atoms with van der Waals surface area (Å²) >= 11 is 13.6. The number of aromatic nitrogens is 6. The van der Waals surface area contributed by atoms with Gasteiger partial charge in [-0.05, 0) is 71.4 Å². The van der Waals surface area contributed by atoms with E-state index in [1.807, 2.05) is 32.9 Å². The highest BCUT2D eigenvalue weighted by Crippen LogP contribution is 2.44. The molecule has 0 aliphatic carbocycles. The van der Waals surface area contributed by atoms with Gasteiger partial charge in [-0.25, -0.2) is 9.48 Å². The first kappa shape index (κ1) is 30.3. The fourth-order valence-corrected chi connectivity index (χ4v) is 7.86. The molecule has 0 radical (unpaired) electrons. The Hall–Kier alpha value is -3.35. The molecule has 3 aliphatic rings. The maximum absolute atomic E-state index is 14.4. The molecular formula is C31H38Cl2N8O4. The highest BCUT2D eigenvalue weighted by molar-refractivity contribution is 6.43. The average Bonchev–Trinajstić information content (AvgIpc) is 3.75. The van der Waals surface area contributed by atoms with Crippen molar-refractivity contribution in [3.63, 3.8) is 0 Å². The molecule has 3 fully saturated rings. The summed E-state index contributed by atoms with van der Waals surface area (Å²) in [5.41, 5.74) is 1.28. The van der Waals surface area contributed by atoms with Crippen LogP contribution >= 0.6 is 23.2 Å². The second-order valence-electron chi connectivity index (χ2n) is 13.4. The lowest BCUT2D eigenvalue weighted by atomic mass is 9.95. The smallest absolute Gasteiger partial charge is 0.410 e. The lowest BCUT2D eigenvalue weighted by Crippen LogP contribution is -2.47. The van der Waals surface area contributed by atoms with Gasteiger partial charge in [-0.1, -0.05) is 23.2 Å². The summed E-state index contributed by atoms with van der Waals surface area (Å²) in [6.07, 6.45) is 4.59. The SMILES string of the molecule is CN(C(=O)OC(C)(C)C)[C@@H]1C[C@@H]2CC[C@H]1N2c1nc2c(c(-c3ccc4nn(C)c(Cl)c4c3Cl)nn2C2CCCCO2)c(=O)n1C. The summed E-state index contributed by atoms with van der Waals surface area (Å²) < 4.78 is 16.8. The van der Waals surface area contributed by atoms with Crippen LogP contribution in [-0.4, -0.2) is 77.5 Å². The van der Waals surface area contributed by atoms with E-state index in [9.17, 15) is 9.59 Å².